The van der Waals surface area contributed by atoms with Crippen molar-refractivity contribution in [1.29, 1.82) is 0 Å². The minimum Gasteiger partial charge on any atom is -0.326 e. The van der Waals surface area contributed by atoms with E-state index in [1.54, 1.807) is 30.3 Å². The number of benzene rings is 2. The van der Waals surface area contributed by atoms with E-state index < -0.39 is 10.0 Å². The van der Waals surface area contributed by atoms with E-state index in [-0.39, 0.29) is 35.6 Å². The molecule has 0 radical (unpaired) electrons. The Morgan fingerprint density at radius 2 is 1.68 bits per heavy atom. The minimum absolute atomic E-state index is 0.0852. The second-order valence-corrected chi connectivity index (χ2v) is 10.6. The molecule has 10 heteroatoms. The third kappa shape index (κ3) is 4.89. The van der Waals surface area contributed by atoms with Gasteiger partial charge < -0.3 is 10.2 Å². The van der Waals surface area contributed by atoms with Crippen LogP contribution in [-0.2, 0) is 14.8 Å². The molecule has 1 saturated heterocycles. The van der Waals surface area contributed by atoms with Crippen molar-refractivity contribution in [3.05, 3.63) is 59.2 Å². The van der Waals surface area contributed by atoms with Gasteiger partial charge in [0.25, 0.3) is 11.8 Å². The molecule has 34 heavy (non-hydrogen) atoms. The van der Waals surface area contributed by atoms with Gasteiger partial charge in [0, 0.05) is 44.8 Å². The first-order valence-electron chi connectivity index (χ1n) is 11.2. The van der Waals surface area contributed by atoms with E-state index in [1.807, 2.05) is 14.0 Å². The second-order valence-electron chi connectivity index (χ2n) is 8.70. The molecule has 0 aromatic heterocycles. The quantitative estimate of drug-likeness (QED) is 0.602. The van der Waals surface area contributed by atoms with Crippen molar-refractivity contribution in [2.45, 2.75) is 24.7 Å². The molecule has 0 unspecified atom stereocenters. The zero-order valence-corrected chi connectivity index (χ0v) is 20.1. The summed E-state index contributed by atoms with van der Waals surface area (Å²) in [6.07, 6.45) is 0.386. The fourth-order valence-corrected chi connectivity index (χ4v) is 5.61. The van der Waals surface area contributed by atoms with Gasteiger partial charge in [-0.25, -0.2) is 8.42 Å². The molecule has 0 spiro atoms. The van der Waals surface area contributed by atoms with Crippen LogP contribution in [0.2, 0.25) is 0 Å². The molecule has 2 aromatic carbocycles. The van der Waals surface area contributed by atoms with Crippen molar-refractivity contribution in [3.63, 3.8) is 0 Å². The molecule has 180 valence electrons. The largest absolute Gasteiger partial charge is 0.326 e. The molecule has 2 aliphatic heterocycles. The minimum atomic E-state index is -3.64. The third-order valence-electron chi connectivity index (χ3n) is 6.13. The lowest BCUT2D eigenvalue weighted by Crippen LogP contribution is -2.47. The van der Waals surface area contributed by atoms with E-state index in [1.165, 1.54) is 21.3 Å². The number of aryl methyl sites for hydroxylation is 1. The van der Waals surface area contributed by atoms with Crippen LogP contribution in [0.25, 0.3) is 0 Å². The number of imide groups is 1. The van der Waals surface area contributed by atoms with Gasteiger partial charge >= 0.3 is 0 Å². The smallest absolute Gasteiger partial charge is 0.261 e. The SMILES string of the molecule is Cc1ccc2c(c1)C(=O)N(CCCC(=O)Nc1cccc(S(=O)(=O)N3CCN(C)CC3)c1)C2=O. The van der Waals surface area contributed by atoms with Crippen LogP contribution in [-0.4, -0.2) is 80.0 Å². The van der Waals surface area contributed by atoms with Crippen LogP contribution in [0.5, 0.6) is 0 Å². The summed E-state index contributed by atoms with van der Waals surface area (Å²) >= 11 is 0. The highest BCUT2D eigenvalue weighted by Gasteiger charge is 2.35. The fourth-order valence-electron chi connectivity index (χ4n) is 4.14. The molecule has 0 atom stereocenters. The average Bonchev–Trinajstić information content (AvgIpc) is 3.03. The molecule has 9 nitrogen and oxygen atoms in total. The van der Waals surface area contributed by atoms with Crippen LogP contribution in [0, 0.1) is 6.92 Å². The average molecular weight is 485 g/mol. The number of rotatable bonds is 7. The molecular weight excluding hydrogens is 456 g/mol. The van der Waals surface area contributed by atoms with Crippen LogP contribution in [0.4, 0.5) is 5.69 Å². The number of fused-ring (bicyclic) bond motifs is 1. The molecule has 3 amide bonds. The molecule has 1 fully saturated rings. The monoisotopic (exact) mass is 484 g/mol. The third-order valence-corrected chi connectivity index (χ3v) is 8.02. The lowest BCUT2D eigenvalue weighted by atomic mass is 10.1. The lowest BCUT2D eigenvalue weighted by molar-refractivity contribution is -0.116. The van der Waals surface area contributed by atoms with Crippen LogP contribution in [0.1, 0.15) is 39.1 Å². The van der Waals surface area contributed by atoms with Gasteiger partial charge in [0.2, 0.25) is 15.9 Å². The number of carbonyl (C=O) groups is 3. The van der Waals surface area contributed by atoms with Gasteiger partial charge in [-0.2, -0.15) is 4.31 Å². The van der Waals surface area contributed by atoms with Crippen molar-refractivity contribution in [3.8, 4) is 0 Å². The number of nitrogens with zero attached hydrogens (tertiary/aromatic N) is 3. The summed E-state index contributed by atoms with van der Waals surface area (Å²) < 4.78 is 27.4. The van der Waals surface area contributed by atoms with Gasteiger partial charge in [-0.3, -0.25) is 19.3 Å². The summed E-state index contributed by atoms with van der Waals surface area (Å²) in [6, 6.07) is 11.4. The number of carbonyl (C=O) groups excluding carboxylic acids is 3. The van der Waals surface area contributed by atoms with E-state index >= 15 is 0 Å². The lowest BCUT2D eigenvalue weighted by Gasteiger charge is -2.31. The van der Waals surface area contributed by atoms with E-state index in [0.29, 0.717) is 49.4 Å². The summed E-state index contributed by atoms with van der Waals surface area (Å²) in [4.78, 5) is 40.9. The number of anilines is 1. The van der Waals surface area contributed by atoms with Crippen LogP contribution < -0.4 is 5.32 Å². The maximum atomic E-state index is 13.0. The summed E-state index contributed by atoms with van der Waals surface area (Å²) in [7, 11) is -1.69. The number of likely N-dealkylation sites (N-methyl/N-ethyl adjacent to an activating group) is 1. The Balaban J connectivity index is 1.33. The zero-order chi connectivity index (χ0) is 24.5. The predicted molar refractivity (Wildman–Crippen MR) is 127 cm³/mol. The van der Waals surface area contributed by atoms with Gasteiger partial charge in [0.1, 0.15) is 0 Å². The van der Waals surface area contributed by atoms with Gasteiger partial charge in [-0.15, -0.1) is 0 Å². The first-order chi connectivity index (χ1) is 16.2. The Labute approximate surface area is 199 Å². The number of nitrogens with one attached hydrogen (secondary N) is 1. The fraction of sp³-hybridized carbons (Fsp3) is 0.375. The molecule has 0 bridgehead atoms. The van der Waals surface area contributed by atoms with Crippen molar-refractivity contribution >= 4 is 33.4 Å². The van der Waals surface area contributed by atoms with Gasteiger partial charge in [-0.1, -0.05) is 17.7 Å². The van der Waals surface area contributed by atoms with Crippen LogP contribution in [0.15, 0.2) is 47.4 Å². The number of sulfonamides is 1. The molecule has 4 rings (SSSR count). The van der Waals surface area contributed by atoms with Crippen molar-refractivity contribution in [2.75, 3.05) is 45.1 Å². The van der Waals surface area contributed by atoms with Crippen molar-refractivity contribution < 1.29 is 22.8 Å². The van der Waals surface area contributed by atoms with Gasteiger partial charge in [-0.05, 0) is 50.7 Å². The standard InChI is InChI=1S/C24H28N4O5S/c1-17-8-9-20-21(15-17)24(31)28(23(20)30)10-4-7-22(29)25-18-5-3-6-19(16-18)34(32,33)27-13-11-26(2)12-14-27/h3,5-6,8-9,15-16H,4,7,10-14H2,1-2H3,(H,25,29). The maximum Gasteiger partial charge on any atom is 0.261 e. The molecule has 2 aromatic rings. The number of piperazine rings is 1. The molecular formula is C24H28N4O5S. The molecule has 1 N–H and O–H groups in total. The summed E-state index contributed by atoms with van der Waals surface area (Å²) in [5.41, 5.74) is 2.07. The topological polar surface area (TPSA) is 107 Å². The predicted octanol–water partition coefficient (Wildman–Crippen LogP) is 1.95. The highest BCUT2D eigenvalue weighted by Crippen LogP contribution is 2.24. The van der Waals surface area contributed by atoms with Crippen molar-refractivity contribution in [2.24, 2.45) is 0 Å². The Morgan fingerprint density at radius 3 is 2.41 bits per heavy atom. The molecule has 0 saturated carbocycles. The Bertz CT molecular complexity index is 1240. The Hall–Kier alpha value is -3.08. The van der Waals surface area contributed by atoms with Crippen LogP contribution in [0.3, 0.4) is 0 Å². The summed E-state index contributed by atoms with van der Waals surface area (Å²) in [5, 5.41) is 2.72. The second kappa shape index (κ2) is 9.65. The number of hydrogen-bond donors (Lipinski definition) is 1. The van der Waals surface area contributed by atoms with E-state index in [2.05, 4.69) is 10.2 Å². The van der Waals surface area contributed by atoms with E-state index in [0.717, 1.165) is 5.56 Å². The first kappa shape index (κ1) is 24.1. The highest BCUT2D eigenvalue weighted by molar-refractivity contribution is 7.89. The molecule has 0 aliphatic carbocycles. The zero-order valence-electron chi connectivity index (χ0n) is 19.3. The number of hydrogen-bond acceptors (Lipinski definition) is 6. The highest BCUT2D eigenvalue weighted by atomic mass is 32.2. The normalized spacial score (nSPS) is 17.2. The Kier molecular flexibility index (Phi) is 6.83. The van der Waals surface area contributed by atoms with E-state index in [9.17, 15) is 22.8 Å². The first-order valence-corrected chi connectivity index (χ1v) is 12.7. The molecule has 2 heterocycles. The number of amides is 3. The van der Waals surface area contributed by atoms with Gasteiger partial charge in [0.15, 0.2) is 0 Å². The summed E-state index contributed by atoms with van der Waals surface area (Å²) in [5.74, 6) is -1.00. The molecule has 2 aliphatic rings. The van der Waals surface area contributed by atoms with E-state index in [4.69, 9.17) is 0 Å². The Morgan fingerprint density at radius 1 is 0.971 bits per heavy atom. The van der Waals surface area contributed by atoms with Gasteiger partial charge in [0.05, 0.1) is 16.0 Å². The maximum absolute atomic E-state index is 13.0. The van der Waals surface area contributed by atoms with Crippen molar-refractivity contribution in [1.82, 2.24) is 14.1 Å². The van der Waals surface area contributed by atoms with Crippen LogP contribution >= 0.6 is 0 Å². The summed E-state index contributed by atoms with van der Waals surface area (Å²) in [6.45, 7) is 4.18.